The highest BCUT2D eigenvalue weighted by atomic mass is 32.2. The molecule has 2 rings (SSSR count). The molecular formula is C22H30N2O4S. The Morgan fingerprint density at radius 1 is 1.00 bits per heavy atom. The van der Waals surface area contributed by atoms with Crippen molar-refractivity contribution < 1.29 is 17.9 Å². The van der Waals surface area contributed by atoms with Gasteiger partial charge in [-0.2, -0.15) is 0 Å². The largest absolute Gasteiger partial charge is 0.494 e. The van der Waals surface area contributed by atoms with Gasteiger partial charge < -0.3 is 10.1 Å². The monoisotopic (exact) mass is 418 g/mol. The second-order valence-corrected chi connectivity index (χ2v) is 9.18. The number of hydrogen-bond donors (Lipinski definition) is 2. The molecule has 0 spiro atoms. The predicted octanol–water partition coefficient (Wildman–Crippen LogP) is 4.44. The number of nitrogens with one attached hydrogen (secondary N) is 2. The number of sulfonamides is 1. The maximum atomic E-state index is 12.4. The van der Waals surface area contributed by atoms with Gasteiger partial charge in [0.05, 0.1) is 11.5 Å². The van der Waals surface area contributed by atoms with E-state index in [0.717, 1.165) is 12.2 Å². The first-order valence-electron chi connectivity index (χ1n) is 9.88. The van der Waals surface area contributed by atoms with Gasteiger partial charge in [0.15, 0.2) is 0 Å². The number of hydrogen-bond acceptors (Lipinski definition) is 4. The van der Waals surface area contributed by atoms with Crippen LogP contribution in [0, 0.1) is 5.92 Å². The number of ether oxygens (including phenoxy) is 1. The van der Waals surface area contributed by atoms with Crippen LogP contribution in [0.25, 0.3) is 0 Å². The van der Waals surface area contributed by atoms with Crippen LogP contribution in [-0.2, 0) is 10.0 Å². The Morgan fingerprint density at radius 3 is 2.17 bits per heavy atom. The molecule has 0 aliphatic heterocycles. The van der Waals surface area contributed by atoms with E-state index in [2.05, 4.69) is 23.9 Å². The van der Waals surface area contributed by atoms with Crippen molar-refractivity contribution in [2.75, 3.05) is 11.9 Å². The summed E-state index contributed by atoms with van der Waals surface area (Å²) >= 11 is 0. The zero-order valence-electron chi connectivity index (χ0n) is 17.4. The first kappa shape index (κ1) is 22.9. The van der Waals surface area contributed by atoms with E-state index in [1.54, 1.807) is 36.4 Å². The molecule has 0 radical (unpaired) electrons. The van der Waals surface area contributed by atoms with E-state index in [0.29, 0.717) is 30.2 Å². The Morgan fingerprint density at radius 2 is 1.62 bits per heavy atom. The molecule has 2 aromatic carbocycles. The summed E-state index contributed by atoms with van der Waals surface area (Å²) in [6.45, 7) is 8.65. The molecule has 1 atom stereocenters. The van der Waals surface area contributed by atoms with E-state index >= 15 is 0 Å². The van der Waals surface area contributed by atoms with Crippen LogP contribution >= 0.6 is 0 Å². The molecule has 0 saturated heterocycles. The highest BCUT2D eigenvalue weighted by molar-refractivity contribution is 7.89. The first-order valence-corrected chi connectivity index (χ1v) is 11.4. The number of anilines is 1. The van der Waals surface area contributed by atoms with Crippen LogP contribution in [-0.4, -0.2) is 27.0 Å². The molecule has 0 aliphatic carbocycles. The van der Waals surface area contributed by atoms with Crippen LogP contribution in [0.2, 0.25) is 0 Å². The van der Waals surface area contributed by atoms with Crippen LogP contribution in [0.15, 0.2) is 53.4 Å². The topological polar surface area (TPSA) is 84.5 Å². The summed E-state index contributed by atoms with van der Waals surface area (Å²) in [5.41, 5.74) is 1.02. The zero-order chi connectivity index (χ0) is 21.4. The summed E-state index contributed by atoms with van der Waals surface area (Å²) in [5, 5.41) is 2.77. The van der Waals surface area contributed by atoms with Crippen LogP contribution in [0.3, 0.4) is 0 Å². The summed E-state index contributed by atoms with van der Waals surface area (Å²) < 4.78 is 32.8. The van der Waals surface area contributed by atoms with Crippen molar-refractivity contribution in [2.24, 2.45) is 5.92 Å². The second kappa shape index (κ2) is 10.4. The first-order chi connectivity index (χ1) is 13.7. The maximum absolute atomic E-state index is 12.4. The molecule has 1 amide bonds. The van der Waals surface area contributed by atoms with Gasteiger partial charge >= 0.3 is 0 Å². The Balaban J connectivity index is 1.97. The third kappa shape index (κ3) is 7.18. The minimum absolute atomic E-state index is 0.142. The van der Waals surface area contributed by atoms with Gasteiger partial charge in [0, 0.05) is 17.3 Å². The van der Waals surface area contributed by atoms with Crippen LogP contribution in [0.1, 0.15) is 50.9 Å². The number of amides is 1. The number of carbonyl (C=O) groups is 1. The lowest BCUT2D eigenvalue weighted by atomic mass is 10.1. The van der Waals surface area contributed by atoms with Crippen molar-refractivity contribution in [1.82, 2.24) is 4.72 Å². The number of rotatable bonds is 10. The van der Waals surface area contributed by atoms with E-state index in [4.69, 9.17) is 4.74 Å². The summed E-state index contributed by atoms with van der Waals surface area (Å²) in [6.07, 6.45) is 1.68. The van der Waals surface area contributed by atoms with Crippen molar-refractivity contribution in [3.63, 3.8) is 0 Å². The Hall–Kier alpha value is -2.38. The van der Waals surface area contributed by atoms with Crippen molar-refractivity contribution >= 4 is 21.6 Å². The molecule has 2 aromatic rings. The van der Waals surface area contributed by atoms with Gasteiger partial charge in [-0.15, -0.1) is 0 Å². The molecule has 158 valence electrons. The van der Waals surface area contributed by atoms with Crippen LogP contribution in [0.5, 0.6) is 5.75 Å². The molecule has 2 N–H and O–H groups in total. The molecule has 1 unspecified atom stereocenters. The fourth-order valence-corrected chi connectivity index (χ4v) is 3.78. The minimum atomic E-state index is -3.56. The molecule has 0 heterocycles. The van der Waals surface area contributed by atoms with Crippen molar-refractivity contribution in [1.29, 1.82) is 0 Å². The lowest BCUT2D eigenvalue weighted by molar-refractivity contribution is 0.102. The average molecular weight is 419 g/mol. The van der Waals surface area contributed by atoms with E-state index in [9.17, 15) is 13.2 Å². The SMILES string of the molecule is CCC(C)NS(=O)(=O)c1ccc(NC(=O)c2ccc(OCCC(C)C)cc2)cc1. The van der Waals surface area contributed by atoms with Gasteiger partial charge in [0.2, 0.25) is 10.0 Å². The van der Waals surface area contributed by atoms with Gasteiger partial charge in [-0.1, -0.05) is 20.8 Å². The lowest BCUT2D eigenvalue weighted by Gasteiger charge is -2.12. The Kier molecular flexibility index (Phi) is 8.22. The minimum Gasteiger partial charge on any atom is -0.494 e. The highest BCUT2D eigenvalue weighted by Crippen LogP contribution is 2.17. The van der Waals surface area contributed by atoms with Gasteiger partial charge in [-0.05, 0) is 74.2 Å². The summed E-state index contributed by atoms with van der Waals surface area (Å²) in [4.78, 5) is 12.6. The fourth-order valence-electron chi connectivity index (χ4n) is 2.45. The Labute approximate surface area is 173 Å². The lowest BCUT2D eigenvalue weighted by Crippen LogP contribution is -2.31. The van der Waals surface area contributed by atoms with E-state index in [1.165, 1.54) is 12.1 Å². The Bertz CT molecular complexity index is 891. The number of benzene rings is 2. The van der Waals surface area contributed by atoms with Gasteiger partial charge in [-0.3, -0.25) is 4.79 Å². The van der Waals surface area contributed by atoms with E-state index in [-0.39, 0.29) is 16.8 Å². The average Bonchev–Trinajstić information content (AvgIpc) is 2.68. The van der Waals surface area contributed by atoms with Crippen molar-refractivity contribution in [3.8, 4) is 5.75 Å². The summed E-state index contributed by atoms with van der Waals surface area (Å²) in [5.74, 6) is 1.03. The maximum Gasteiger partial charge on any atom is 0.255 e. The van der Waals surface area contributed by atoms with Crippen molar-refractivity contribution in [2.45, 2.75) is 51.5 Å². The normalized spacial score (nSPS) is 12.6. The number of carbonyl (C=O) groups excluding carboxylic acids is 1. The van der Waals surface area contributed by atoms with E-state index < -0.39 is 10.0 Å². The highest BCUT2D eigenvalue weighted by Gasteiger charge is 2.16. The van der Waals surface area contributed by atoms with Gasteiger partial charge in [0.25, 0.3) is 5.91 Å². The summed E-state index contributed by atoms with van der Waals surface area (Å²) in [7, 11) is -3.56. The predicted molar refractivity (Wildman–Crippen MR) is 116 cm³/mol. The molecule has 6 nitrogen and oxygen atoms in total. The van der Waals surface area contributed by atoms with Crippen LogP contribution in [0.4, 0.5) is 5.69 Å². The smallest absolute Gasteiger partial charge is 0.255 e. The zero-order valence-corrected chi connectivity index (χ0v) is 18.3. The molecule has 0 fully saturated rings. The van der Waals surface area contributed by atoms with Gasteiger partial charge in [-0.25, -0.2) is 13.1 Å². The third-order valence-electron chi connectivity index (χ3n) is 4.47. The van der Waals surface area contributed by atoms with Crippen molar-refractivity contribution in [3.05, 3.63) is 54.1 Å². The summed E-state index contributed by atoms with van der Waals surface area (Å²) in [6, 6.07) is 12.9. The van der Waals surface area contributed by atoms with E-state index in [1.807, 2.05) is 13.8 Å². The molecule has 0 aliphatic rings. The molecule has 29 heavy (non-hydrogen) atoms. The van der Waals surface area contributed by atoms with Crippen LogP contribution < -0.4 is 14.8 Å². The second-order valence-electron chi connectivity index (χ2n) is 7.46. The standard InChI is InChI=1S/C22H30N2O4S/c1-5-17(4)24-29(26,27)21-12-8-19(9-13-21)23-22(25)18-6-10-20(11-7-18)28-15-14-16(2)3/h6-13,16-17,24H,5,14-15H2,1-4H3,(H,23,25). The third-order valence-corrected chi connectivity index (χ3v) is 6.08. The molecular weight excluding hydrogens is 388 g/mol. The fraction of sp³-hybridized carbons (Fsp3) is 0.409. The quantitative estimate of drug-likeness (QED) is 0.597. The molecule has 0 bridgehead atoms. The van der Waals surface area contributed by atoms with Gasteiger partial charge in [0.1, 0.15) is 5.75 Å². The molecule has 7 heteroatoms. The molecule has 0 saturated carbocycles. The molecule has 0 aromatic heterocycles.